The molecule has 8 heteroatoms. The molecule has 1 aliphatic heterocycles. The van der Waals surface area contributed by atoms with Crippen molar-refractivity contribution >= 4 is 23.6 Å². The van der Waals surface area contributed by atoms with Gasteiger partial charge in [0.2, 0.25) is 6.10 Å². The van der Waals surface area contributed by atoms with E-state index >= 15 is 0 Å². The number of hydrogen-bond acceptors (Lipinski definition) is 2. The van der Waals surface area contributed by atoms with Gasteiger partial charge in [0.15, 0.2) is 0 Å². The Morgan fingerprint density at radius 1 is 1.26 bits per heavy atom. The molecule has 0 saturated heterocycles. The minimum atomic E-state index is -4.86. The maximum absolute atomic E-state index is 13.3. The topological polar surface area (TPSA) is 46.5 Å². The number of hydrogen-bond donors (Lipinski definition) is 1. The average molecular weight is 407 g/mol. The summed E-state index contributed by atoms with van der Waals surface area (Å²) in [6.45, 7) is 1.99. The van der Waals surface area contributed by atoms with Gasteiger partial charge in [-0.1, -0.05) is 42.8 Å². The zero-order valence-corrected chi connectivity index (χ0v) is 17.4. The number of aryl methyl sites for hydroxylation is 1. The van der Waals surface area contributed by atoms with Gasteiger partial charge in [-0.2, -0.15) is 13.2 Å². The molecule has 1 heterocycles. The zero-order valence-electron chi connectivity index (χ0n) is 15.6. The SMILES string of the molecule is CCc1ccc(-c2cc(Cl)cc3c2O[C@H](C(F)(F)F)C(C(=O)O)=C3)cc1.[H-].[Na+]. The molecular formula is C19H15ClF3NaO3. The van der Waals surface area contributed by atoms with Gasteiger partial charge in [0, 0.05) is 16.1 Å². The van der Waals surface area contributed by atoms with E-state index in [0.717, 1.165) is 18.1 Å². The summed E-state index contributed by atoms with van der Waals surface area (Å²) in [7, 11) is 0. The van der Waals surface area contributed by atoms with E-state index in [1.165, 1.54) is 12.1 Å². The molecule has 2 aromatic rings. The number of carbonyl (C=O) groups is 1. The largest absolute Gasteiger partial charge is 1.00 e. The molecule has 0 fully saturated rings. The molecule has 0 radical (unpaired) electrons. The second-order valence-corrected chi connectivity index (χ2v) is 6.30. The number of halogens is 4. The van der Waals surface area contributed by atoms with Crippen molar-refractivity contribution in [1.29, 1.82) is 0 Å². The predicted molar refractivity (Wildman–Crippen MR) is 93.5 cm³/mol. The predicted octanol–water partition coefficient (Wildman–Crippen LogP) is 2.48. The van der Waals surface area contributed by atoms with Gasteiger partial charge >= 0.3 is 41.7 Å². The molecule has 27 heavy (non-hydrogen) atoms. The normalized spacial score (nSPS) is 15.9. The Morgan fingerprint density at radius 2 is 1.89 bits per heavy atom. The zero-order chi connectivity index (χ0) is 19.1. The first-order valence-electron chi connectivity index (χ1n) is 7.81. The van der Waals surface area contributed by atoms with Gasteiger partial charge in [-0.3, -0.25) is 0 Å². The van der Waals surface area contributed by atoms with E-state index in [-0.39, 0.29) is 47.3 Å². The van der Waals surface area contributed by atoms with Gasteiger partial charge in [0.05, 0.1) is 5.57 Å². The minimum Gasteiger partial charge on any atom is -1.00 e. The molecule has 0 amide bonds. The summed E-state index contributed by atoms with van der Waals surface area (Å²) < 4.78 is 45.0. The number of rotatable bonds is 3. The number of benzene rings is 2. The van der Waals surface area contributed by atoms with Crippen LogP contribution >= 0.6 is 11.6 Å². The number of fused-ring (bicyclic) bond motifs is 1. The second kappa shape index (κ2) is 8.27. The molecule has 0 aliphatic carbocycles. The standard InChI is InChI=1S/C19H14ClF3O3.Na.H/c1-2-10-3-5-11(6-4-10)14-9-13(20)7-12-8-15(18(24)25)17(19(21,22)23)26-16(12)14;;/h3-9,17H,2H2,1H3,(H,24,25);;/q;+1;-1/t17-;;/m0../s1. The van der Waals surface area contributed by atoms with Crippen LogP contribution in [-0.4, -0.2) is 23.4 Å². The van der Waals surface area contributed by atoms with Crippen molar-refractivity contribution in [3.05, 3.63) is 58.1 Å². The molecule has 1 N–H and O–H groups in total. The van der Waals surface area contributed by atoms with Gasteiger partial charge in [-0.05, 0) is 35.8 Å². The molecule has 0 aromatic heterocycles. The van der Waals surface area contributed by atoms with Crippen LogP contribution in [0.3, 0.4) is 0 Å². The monoisotopic (exact) mass is 406 g/mol. The van der Waals surface area contributed by atoms with Crippen molar-refractivity contribution in [2.24, 2.45) is 0 Å². The molecule has 3 rings (SSSR count). The van der Waals surface area contributed by atoms with Gasteiger partial charge in [0.25, 0.3) is 0 Å². The third kappa shape index (κ3) is 4.51. The van der Waals surface area contributed by atoms with Crippen LogP contribution in [0.4, 0.5) is 13.2 Å². The molecule has 1 aliphatic rings. The van der Waals surface area contributed by atoms with E-state index in [0.29, 0.717) is 11.1 Å². The Balaban J connectivity index is 0.00000196. The second-order valence-electron chi connectivity index (χ2n) is 5.87. The van der Waals surface area contributed by atoms with Crippen LogP contribution in [0.1, 0.15) is 19.5 Å². The van der Waals surface area contributed by atoms with E-state index in [2.05, 4.69) is 0 Å². The number of carboxylic acids is 1. The first kappa shape index (κ1) is 21.8. The van der Waals surface area contributed by atoms with Gasteiger partial charge in [-0.15, -0.1) is 0 Å². The number of ether oxygens (including phenoxy) is 1. The van der Waals surface area contributed by atoms with Crippen molar-refractivity contribution in [3.8, 4) is 16.9 Å². The minimum absolute atomic E-state index is 0. The first-order chi connectivity index (χ1) is 12.2. The fourth-order valence-electron chi connectivity index (χ4n) is 2.83. The Labute approximate surface area is 182 Å². The maximum Gasteiger partial charge on any atom is 1.00 e. The van der Waals surface area contributed by atoms with Crippen LogP contribution in [0.25, 0.3) is 17.2 Å². The van der Waals surface area contributed by atoms with E-state index in [9.17, 15) is 18.0 Å². The molecule has 0 bridgehead atoms. The summed E-state index contributed by atoms with van der Waals surface area (Å²) in [5.41, 5.74) is 1.41. The average Bonchev–Trinajstić information content (AvgIpc) is 2.59. The molecule has 138 valence electrons. The summed E-state index contributed by atoms with van der Waals surface area (Å²) in [6, 6.07) is 10.2. The molecule has 1 atom stereocenters. The number of alkyl halides is 3. The third-order valence-electron chi connectivity index (χ3n) is 4.13. The Morgan fingerprint density at radius 3 is 2.41 bits per heavy atom. The third-order valence-corrected chi connectivity index (χ3v) is 4.35. The van der Waals surface area contributed by atoms with E-state index < -0.39 is 23.8 Å². The van der Waals surface area contributed by atoms with Crippen molar-refractivity contribution < 1.29 is 58.8 Å². The molecule has 0 spiro atoms. The molecular weight excluding hydrogens is 392 g/mol. The molecule has 0 saturated carbocycles. The Bertz CT molecular complexity index is 899. The van der Waals surface area contributed by atoms with E-state index in [1.54, 1.807) is 12.1 Å². The van der Waals surface area contributed by atoms with Crippen LogP contribution in [0, 0.1) is 0 Å². The van der Waals surface area contributed by atoms with Crippen LogP contribution in [-0.2, 0) is 11.2 Å². The Kier molecular flexibility index (Phi) is 6.68. The first-order valence-corrected chi connectivity index (χ1v) is 8.19. The quantitative estimate of drug-likeness (QED) is 0.797. The molecule has 3 nitrogen and oxygen atoms in total. The maximum atomic E-state index is 13.3. The molecule has 2 aromatic carbocycles. The fraction of sp³-hybridized carbons (Fsp3) is 0.211. The van der Waals surface area contributed by atoms with Gasteiger partial charge in [0.1, 0.15) is 5.75 Å². The van der Waals surface area contributed by atoms with Crippen molar-refractivity contribution in [3.63, 3.8) is 0 Å². The Hall–Kier alpha value is -1.47. The number of carboxylic acid groups (broad SMARTS) is 1. The van der Waals surface area contributed by atoms with Crippen LogP contribution < -0.4 is 34.3 Å². The summed E-state index contributed by atoms with van der Waals surface area (Å²) in [4.78, 5) is 11.3. The van der Waals surface area contributed by atoms with E-state index in [1.807, 2.05) is 19.1 Å². The summed E-state index contributed by atoms with van der Waals surface area (Å²) >= 11 is 6.09. The van der Waals surface area contributed by atoms with Crippen LogP contribution in [0.15, 0.2) is 42.0 Å². The van der Waals surface area contributed by atoms with Gasteiger partial charge in [-0.25, -0.2) is 4.79 Å². The molecule has 0 unspecified atom stereocenters. The number of aliphatic carboxylic acids is 1. The fourth-order valence-corrected chi connectivity index (χ4v) is 3.06. The van der Waals surface area contributed by atoms with Crippen molar-refractivity contribution in [2.45, 2.75) is 25.6 Å². The van der Waals surface area contributed by atoms with Crippen LogP contribution in [0.5, 0.6) is 5.75 Å². The van der Waals surface area contributed by atoms with Crippen LogP contribution in [0.2, 0.25) is 5.02 Å². The summed E-state index contributed by atoms with van der Waals surface area (Å²) in [5, 5.41) is 9.40. The van der Waals surface area contributed by atoms with Gasteiger partial charge < -0.3 is 11.3 Å². The summed E-state index contributed by atoms with van der Waals surface area (Å²) in [5.74, 6) is -1.72. The smallest absolute Gasteiger partial charge is 1.00 e. The van der Waals surface area contributed by atoms with Crippen molar-refractivity contribution in [2.75, 3.05) is 0 Å². The van der Waals surface area contributed by atoms with E-state index in [4.69, 9.17) is 21.4 Å². The van der Waals surface area contributed by atoms with Crippen molar-refractivity contribution in [1.82, 2.24) is 0 Å². The summed E-state index contributed by atoms with van der Waals surface area (Å²) in [6.07, 6.45) is -5.60.